The lowest BCUT2D eigenvalue weighted by Gasteiger charge is -2.41. The van der Waals surface area contributed by atoms with Gasteiger partial charge in [-0.15, -0.1) is 0 Å². The Hall–Kier alpha value is 0.230. The number of thioether (sulfide) groups is 1. The van der Waals surface area contributed by atoms with Crippen LogP contribution in [0.2, 0.25) is 0 Å². The Kier molecular flexibility index (Phi) is 5.39. The summed E-state index contributed by atoms with van der Waals surface area (Å²) >= 11 is 2.04. The van der Waals surface area contributed by atoms with E-state index in [0.717, 1.165) is 26.1 Å². The summed E-state index contributed by atoms with van der Waals surface area (Å²) in [5, 5.41) is 0.648. The first kappa shape index (κ1) is 13.3. The van der Waals surface area contributed by atoms with Crippen LogP contribution in [0.4, 0.5) is 0 Å². The zero-order chi connectivity index (χ0) is 11.3. The van der Waals surface area contributed by atoms with Crippen LogP contribution in [-0.4, -0.2) is 55.3 Å². The standard InChI is InChI=1S/C11H24N2OS/c1-10-11(9-12,5-8-15-10)13(2)6-4-7-14-3/h10H,4-9,12H2,1-3H3. The van der Waals surface area contributed by atoms with E-state index in [1.165, 1.54) is 12.2 Å². The van der Waals surface area contributed by atoms with Crippen molar-refractivity contribution >= 4 is 11.8 Å². The van der Waals surface area contributed by atoms with Crippen LogP contribution in [0.15, 0.2) is 0 Å². The number of nitrogens with two attached hydrogens (primary N) is 1. The third kappa shape index (κ3) is 2.87. The van der Waals surface area contributed by atoms with Crippen LogP contribution in [0.5, 0.6) is 0 Å². The topological polar surface area (TPSA) is 38.5 Å². The van der Waals surface area contributed by atoms with E-state index >= 15 is 0 Å². The van der Waals surface area contributed by atoms with Crippen LogP contribution in [0.1, 0.15) is 19.8 Å². The molecule has 0 radical (unpaired) electrons. The highest BCUT2D eigenvalue weighted by Gasteiger charge is 2.42. The first-order valence-electron chi connectivity index (χ1n) is 5.69. The summed E-state index contributed by atoms with van der Waals surface area (Å²) in [6, 6.07) is 0. The highest BCUT2D eigenvalue weighted by atomic mass is 32.2. The van der Waals surface area contributed by atoms with Gasteiger partial charge in [-0.25, -0.2) is 0 Å². The summed E-state index contributed by atoms with van der Waals surface area (Å²) < 4.78 is 5.09. The summed E-state index contributed by atoms with van der Waals surface area (Å²) in [4.78, 5) is 2.44. The molecular formula is C11H24N2OS. The molecule has 0 aliphatic carbocycles. The molecule has 1 aliphatic heterocycles. The minimum atomic E-state index is 0.221. The molecule has 1 heterocycles. The van der Waals surface area contributed by atoms with Gasteiger partial charge >= 0.3 is 0 Å². The van der Waals surface area contributed by atoms with Crippen LogP contribution >= 0.6 is 11.8 Å². The Morgan fingerprint density at radius 3 is 2.80 bits per heavy atom. The summed E-state index contributed by atoms with van der Waals surface area (Å²) in [5.41, 5.74) is 6.20. The van der Waals surface area contributed by atoms with E-state index in [4.69, 9.17) is 10.5 Å². The van der Waals surface area contributed by atoms with Crippen LogP contribution in [0, 0.1) is 0 Å². The summed E-state index contributed by atoms with van der Waals surface area (Å²) in [6.45, 7) is 4.99. The summed E-state index contributed by atoms with van der Waals surface area (Å²) in [7, 11) is 3.96. The second kappa shape index (κ2) is 6.09. The fourth-order valence-corrected chi connectivity index (χ4v) is 3.89. The van der Waals surface area contributed by atoms with Gasteiger partial charge in [-0.2, -0.15) is 11.8 Å². The van der Waals surface area contributed by atoms with Gasteiger partial charge in [-0.1, -0.05) is 6.92 Å². The maximum Gasteiger partial charge on any atom is 0.0474 e. The average Bonchev–Trinajstić information content (AvgIpc) is 2.61. The predicted molar refractivity (Wildman–Crippen MR) is 67.4 cm³/mol. The lowest BCUT2D eigenvalue weighted by atomic mass is 9.91. The van der Waals surface area contributed by atoms with Crippen LogP contribution in [-0.2, 0) is 4.74 Å². The molecule has 3 nitrogen and oxygen atoms in total. The molecule has 1 saturated heterocycles. The minimum absolute atomic E-state index is 0.221. The van der Waals surface area contributed by atoms with Crippen molar-refractivity contribution in [2.45, 2.75) is 30.6 Å². The average molecular weight is 232 g/mol. The van der Waals surface area contributed by atoms with Crippen molar-refractivity contribution in [3.05, 3.63) is 0 Å². The Morgan fingerprint density at radius 2 is 2.33 bits per heavy atom. The van der Waals surface area contributed by atoms with Crippen LogP contribution in [0.25, 0.3) is 0 Å². The first-order valence-corrected chi connectivity index (χ1v) is 6.74. The van der Waals surface area contributed by atoms with Crippen LogP contribution < -0.4 is 5.73 Å². The molecule has 0 spiro atoms. The molecule has 0 saturated carbocycles. The Labute approximate surface area is 97.7 Å². The molecule has 15 heavy (non-hydrogen) atoms. The highest BCUT2D eigenvalue weighted by Crippen LogP contribution is 2.38. The van der Waals surface area contributed by atoms with Gasteiger partial charge in [0.2, 0.25) is 0 Å². The minimum Gasteiger partial charge on any atom is -0.385 e. The summed E-state index contributed by atoms with van der Waals surface area (Å²) in [5.74, 6) is 1.24. The van der Waals surface area contributed by atoms with Gasteiger partial charge in [0.25, 0.3) is 0 Å². The number of nitrogens with zero attached hydrogens (tertiary/aromatic N) is 1. The maximum atomic E-state index is 5.98. The molecule has 90 valence electrons. The quantitative estimate of drug-likeness (QED) is 0.698. The lowest BCUT2D eigenvalue weighted by Crippen LogP contribution is -2.56. The van der Waals surface area contributed by atoms with Crippen molar-refractivity contribution in [1.82, 2.24) is 4.90 Å². The second-order valence-electron chi connectivity index (χ2n) is 4.34. The lowest BCUT2D eigenvalue weighted by molar-refractivity contribution is 0.109. The number of ether oxygens (including phenoxy) is 1. The van der Waals surface area contributed by atoms with Crippen molar-refractivity contribution in [1.29, 1.82) is 0 Å². The highest BCUT2D eigenvalue weighted by molar-refractivity contribution is 8.00. The van der Waals surface area contributed by atoms with Crippen LogP contribution in [0.3, 0.4) is 0 Å². The molecule has 2 unspecified atom stereocenters. The van der Waals surface area contributed by atoms with E-state index < -0.39 is 0 Å². The fraction of sp³-hybridized carbons (Fsp3) is 1.00. The number of hydrogen-bond acceptors (Lipinski definition) is 4. The second-order valence-corrected chi connectivity index (χ2v) is 5.79. The van der Waals surface area contributed by atoms with E-state index in [1.54, 1.807) is 7.11 Å². The molecule has 2 N–H and O–H groups in total. The smallest absolute Gasteiger partial charge is 0.0474 e. The zero-order valence-corrected chi connectivity index (χ0v) is 11.0. The molecule has 0 amide bonds. The predicted octanol–water partition coefficient (Wildman–Crippen LogP) is 1.18. The van der Waals surface area contributed by atoms with E-state index in [1.807, 2.05) is 11.8 Å². The molecule has 0 aromatic rings. The van der Waals surface area contributed by atoms with E-state index in [0.29, 0.717) is 5.25 Å². The number of hydrogen-bond donors (Lipinski definition) is 1. The monoisotopic (exact) mass is 232 g/mol. The van der Waals surface area contributed by atoms with Crippen molar-refractivity contribution in [3.63, 3.8) is 0 Å². The van der Waals surface area contributed by atoms with E-state index in [9.17, 15) is 0 Å². The molecule has 0 aromatic heterocycles. The van der Waals surface area contributed by atoms with Gasteiger partial charge in [0.1, 0.15) is 0 Å². The molecule has 2 atom stereocenters. The largest absolute Gasteiger partial charge is 0.385 e. The fourth-order valence-electron chi connectivity index (χ4n) is 2.36. The van der Waals surface area contributed by atoms with E-state index in [2.05, 4.69) is 18.9 Å². The number of rotatable bonds is 6. The third-order valence-corrected chi connectivity index (χ3v) is 4.99. The summed E-state index contributed by atoms with van der Waals surface area (Å²) in [6.07, 6.45) is 2.31. The molecular weight excluding hydrogens is 208 g/mol. The molecule has 1 aliphatic rings. The van der Waals surface area contributed by atoms with Gasteiger partial charge in [0.15, 0.2) is 0 Å². The Balaban J connectivity index is 2.49. The van der Waals surface area contributed by atoms with Gasteiger partial charge < -0.3 is 10.5 Å². The van der Waals surface area contributed by atoms with Gasteiger partial charge in [0.05, 0.1) is 0 Å². The number of methoxy groups -OCH3 is 1. The molecule has 4 heteroatoms. The van der Waals surface area contributed by atoms with Gasteiger partial charge in [0, 0.05) is 37.6 Å². The van der Waals surface area contributed by atoms with Gasteiger partial charge in [-0.05, 0) is 25.6 Å². The normalized spacial score (nSPS) is 31.4. The molecule has 0 bridgehead atoms. The SMILES string of the molecule is COCCCN(C)C1(CN)CCSC1C. The van der Waals surface area contributed by atoms with E-state index in [-0.39, 0.29) is 5.54 Å². The number of likely N-dealkylation sites (N-methyl/N-ethyl adjacent to an activating group) is 1. The van der Waals surface area contributed by atoms with Crippen molar-refractivity contribution in [2.24, 2.45) is 5.73 Å². The van der Waals surface area contributed by atoms with Crippen molar-refractivity contribution < 1.29 is 4.74 Å². The Morgan fingerprint density at radius 1 is 1.60 bits per heavy atom. The molecule has 1 rings (SSSR count). The first-order chi connectivity index (χ1) is 7.17. The zero-order valence-electron chi connectivity index (χ0n) is 10.2. The van der Waals surface area contributed by atoms with Crippen molar-refractivity contribution in [2.75, 3.05) is 39.6 Å². The van der Waals surface area contributed by atoms with Gasteiger partial charge in [-0.3, -0.25) is 4.90 Å². The Bertz CT molecular complexity index is 191. The molecule has 0 aromatic carbocycles. The third-order valence-electron chi connectivity index (χ3n) is 3.62. The van der Waals surface area contributed by atoms with Crippen molar-refractivity contribution in [3.8, 4) is 0 Å². The molecule has 1 fully saturated rings. The maximum absolute atomic E-state index is 5.98.